The van der Waals surface area contributed by atoms with Gasteiger partial charge < -0.3 is 4.74 Å². The van der Waals surface area contributed by atoms with E-state index in [4.69, 9.17) is 4.74 Å². The van der Waals surface area contributed by atoms with Crippen LogP contribution in [0.3, 0.4) is 0 Å². The standard InChI is InChI=1S/C29H30N2O2/c32-28(33-23-25-15-7-2-8-16-25)31-27(26-17-9-3-10-18-26)21-29(19-11-4-12-20-29)30(31)22-24-13-5-1-6-14-24/h1-3,5-10,13-18,21H,4,11-12,19-20,22-23H2. The van der Waals surface area contributed by atoms with Crippen molar-refractivity contribution in [2.45, 2.75) is 50.8 Å². The van der Waals surface area contributed by atoms with Crippen LogP contribution in [-0.4, -0.2) is 21.6 Å². The zero-order valence-electron chi connectivity index (χ0n) is 18.9. The normalized spacial score (nSPS) is 17.7. The Morgan fingerprint density at radius 1 is 0.758 bits per heavy atom. The molecule has 1 fully saturated rings. The van der Waals surface area contributed by atoms with Gasteiger partial charge in [-0.1, -0.05) is 110 Å². The fourth-order valence-corrected chi connectivity index (χ4v) is 5.06. The van der Waals surface area contributed by atoms with Gasteiger partial charge in [0.2, 0.25) is 0 Å². The highest BCUT2D eigenvalue weighted by atomic mass is 16.6. The van der Waals surface area contributed by atoms with Crippen LogP contribution in [0.5, 0.6) is 0 Å². The molecule has 5 rings (SSSR count). The van der Waals surface area contributed by atoms with E-state index in [-0.39, 0.29) is 18.2 Å². The van der Waals surface area contributed by atoms with Crippen molar-refractivity contribution in [2.24, 2.45) is 0 Å². The number of rotatable bonds is 5. The molecule has 0 N–H and O–H groups in total. The molecule has 1 aliphatic heterocycles. The number of hydrazine groups is 1. The Morgan fingerprint density at radius 3 is 1.97 bits per heavy atom. The molecular weight excluding hydrogens is 408 g/mol. The Kier molecular flexibility index (Phi) is 6.27. The van der Waals surface area contributed by atoms with Crippen LogP contribution in [0.1, 0.15) is 48.8 Å². The smallest absolute Gasteiger partial charge is 0.429 e. The van der Waals surface area contributed by atoms with Gasteiger partial charge in [-0.2, -0.15) is 5.01 Å². The largest absolute Gasteiger partial charge is 0.443 e. The minimum Gasteiger partial charge on any atom is -0.443 e. The van der Waals surface area contributed by atoms with Crippen molar-refractivity contribution >= 4 is 11.8 Å². The van der Waals surface area contributed by atoms with E-state index in [2.05, 4.69) is 47.5 Å². The fourth-order valence-electron chi connectivity index (χ4n) is 5.06. The summed E-state index contributed by atoms with van der Waals surface area (Å²) in [7, 11) is 0. The van der Waals surface area contributed by atoms with E-state index in [1.54, 1.807) is 5.01 Å². The summed E-state index contributed by atoms with van der Waals surface area (Å²) in [6.07, 6.45) is 7.65. The fraction of sp³-hybridized carbons (Fsp3) is 0.276. The number of ether oxygens (including phenoxy) is 1. The molecule has 4 heteroatoms. The first-order valence-corrected chi connectivity index (χ1v) is 11.9. The molecule has 0 atom stereocenters. The highest BCUT2D eigenvalue weighted by molar-refractivity contribution is 5.83. The molecule has 168 valence electrons. The maximum atomic E-state index is 13.7. The summed E-state index contributed by atoms with van der Waals surface area (Å²) >= 11 is 0. The van der Waals surface area contributed by atoms with Crippen molar-refractivity contribution < 1.29 is 9.53 Å². The quantitative estimate of drug-likeness (QED) is 0.439. The van der Waals surface area contributed by atoms with Crippen LogP contribution >= 0.6 is 0 Å². The van der Waals surface area contributed by atoms with Crippen LogP contribution < -0.4 is 0 Å². The van der Waals surface area contributed by atoms with Crippen LogP contribution in [0.15, 0.2) is 97.1 Å². The Bertz CT molecular complexity index is 1090. The molecule has 3 aromatic carbocycles. The number of amides is 1. The molecule has 1 aliphatic carbocycles. The third-order valence-electron chi connectivity index (χ3n) is 6.73. The van der Waals surface area contributed by atoms with Crippen molar-refractivity contribution in [3.05, 3.63) is 114 Å². The second kappa shape index (κ2) is 9.63. The summed E-state index contributed by atoms with van der Waals surface area (Å²) in [5.74, 6) is 0. The first-order valence-electron chi connectivity index (χ1n) is 11.9. The van der Waals surface area contributed by atoms with E-state index in [0.717, 1.165) is 42.5 Å². The Hall–Kier alpha value is -3.37. The lowest BCUT2D eigenvalue weighted by Crippen LogP contribution is -2.53. The number of benzene rings is 3. The molecule has 0 radical (unpaired) electrons. The molecule has 1 amide bonds. The third kappa shape index (κ3) is 4.57. The molecule has 2 aliphatic rings. The minimum absolute atomic E-state index is 0.176. The maximum absolute atomic E-state index is 13.7. The molecule has 1 heterocycles. The Morgan fingerprint density at radius 2 is 1.33 bits per heavy atom. The van der Waals surface area contributed by atoms with Crippen LogP contribution in [0.4, 0.5) is 4.79 Å². The predicted octanol–water partition coefficient (Wildman–Crippen LogP) is 6.80. The second-order valence-electron chi connectivity index (χ2n) is 8.96. The van der Waals surface area contributed by atoms with Gasteiger partial charge in [0.15, 0.2) is 0 Å². The lowest BCUT2D eigenvalue weighted by Gasteiger charge is -2.43. The van der Waals surface area contributed by atoms with Gasteiger partial charge >= 0.3 is 6.09 Å². The topological polar surface area (TPSA) is 32.8 Å². The van der Waals surface area contributed by atoms with Gasteiger partial charge in [-0.25, -0.2) is 9.80 Å². The number of hydrogen-bond donors (Lipinski definition) is 0. The molecule has 0 unspecified atom stereocenters. The summed E-state index contributed by atoms with van der Waals surface area (Å²) in [6, 6.07) is 30.5. The van der Waals surface area contributed by atoms with Crippen molar-refractivity contribution in [3.63, 3.8) is 0 Å². The summed E-state index contributed by atoms with van der Waals surface area (Å²) in [6.45, 7) is 0.915. The van der Waals surface area contributed by atoms with Crippen molar-refractivity contribution in [3.8, 4) is 0 Å². The lowest BCUT2D eigenvalue weighted by atomic mass is 9.81. The molecule has 1 spiro atoms. The molecule has 0 bridgehead atoms. The number of nitrogens with zero attached hydrogens (tertiary/aromatic N) is 2. The Labute approximate surface area is 196 Å². The van der Waals surface area contributed by atoms with Crippen molar-refractivity contribution in [2.75, 3.05) is 0 Å². The van der Waals surface area contributed by atoms with E-state index < -0.39 is 0 Å². The third-order valence-corrected chi connectivity index (χ3v) is 6.73. The van der Waals surface area contributed by atoms with Crippen LogP contribution in [0, 0.1) is 0 Å². The molecule has 0 saturated heterocycles. The SMILES string of the molecule is O=C(OCc1ccccc1)N1C(c2ccccc2)=CC2(CCCCC2)N1Cc1ccccc1. The van der Waals surface area contributed by atoms with E-state index in [1.807, 2.05) is 54.6 Å². The van der Waals surface area contributed by atoms with Gasteiger partial charge in [0.05, 0.1) is 11.2 Å². The number of hydrogen-bond acceptors (Lipinski definition) is 3. The summed E-state index contributed by atoms with van der Waals surface area (Å²) in [4.78, 5) is 13.7. The molecule has 3 aromatic rings. The average molecular weight is 439 g/mol. The Balaban J connectivity index is 1.51. The van der Waals surface area contributed by atoms with Crippen LogP contribution in [-0.2, 0) is 17.9 Å². The van der Waals surface area contributed by atoms with Gasteiger partial charge in [0, 0.05) is 6.54 Å². The monoisotopic (exact) mass is 438 g/mol. The van der Waals surface area contributed by atoms with Crippen molar-refractivity contribution in [1.82, 2.24) is 10.0 Å². The lowest BCUT2D eigenvalue weighted by molar-refractivity contribution is -0.0480. The van der Waals surface area contributed by atoms with Gasteiger partial charge in [-0.3, -0.25) is 0 Å². The van der Waals surface area contributed by atoms with Crippen molar-refractivity contribution in [1.29, 1.82) is 0 Å². The molecular formula is C29H30N2O2. The molecule has 1 saturated carbocycles. The van der Waals surface area contributed by atoms with Gasteiger partial charge in [0.1, 0.15) is 6.61 Å². The van der Waals surface area contributed by atoms with Gasteiger partial charge in [-0.15, -0.1) is 0 Å². The van der Waals surface area contributed by atoms with E-state index >= 15 is 0 Å². The van der Waals surface area contributed by atoms with Crippen LogP contribution in [0.2, 0.25) is 0 Å². The van der Waals surface area contributed by atoms with E-state index in [0.29, 0.717) is 6.54 Å². The van der Waals surface area contributed by atoms with Gasteiger partial charge in [0.25, 0.3) is 0 Å². The zero-order chi connectivity index (χ0) is 22.5. The highest BCUT2D eigenvalue weighted by Gasteiger charge is 2.48. The first-order chi connectivity index (χ1) is 16.3. The van der Waals surface area contributed by atoms with E-state index in [9.17, 15) is 4.79 Å². The minimum atomic E-state index is -0.327. The van der Waals surface area contributed by atoms with Crippen LogP contribution in [0.25, 0.3) is 5.70 Å². The second-order valence-corrected chi connectivity index (χ2v) is 8.96. The molecule has 0 aromatic heterocycles. The predicted molar refractivity (Wildman–Crippen MR) is 131 cm³/mol. The number of carbonyl (C=O) groups is 1. The summed E-state index contributed by atoms with van der Waals surface area (Å²) < 4.78 is 5.87. The summed E-state index contributed by atoms with van der Waals surface area (Å²) in [5, 5.41) is 4.06. The molecule has 33 heavy (non-hydrogen) atoms. The highest BCUT2D eigenvalue weighted by Crippen LogP contribution is 2.46. The maximum Gasteiger partial charge on any atom is 0.429 e. The summed E-state index contributed by atoms with van der Waals surface area (Å²) in [5.41, 5.74) is 3.95. The zero-order valence-corrected chi connectivity index (χ0v) is 18.9. The number of carbonyl (C=O) groups excluding carboxylic acids is 1. The average Bonchev–Trinajstić information content (AvgIpc) is 3.18. The molecule has 4 nitrogen and oxygen atoms in total. The van der Waals surface area contributed by atoms with E-state index in [1.165, 1.54) is 12.0 Å². The first kappa shape index (κ1) is 21.5. The van der Waals surface area contributed by atoms with Gasteiger partial charge in [-0.05, 0) is 35.6 Å².